The third-order valence-corrected chi connectivity index (χ3v) is 2.18. The van der Waals surface area contributed by atoms with Gasteiger partial charge in [-0.3, -0.25) is 9.79 Å². The molecule has 0 fully saturated rings. The second kappa shape index (κ2) is 3.90. The number of aryl methyl sites for hydroxylation is 1. The summed E-state index contributed by atoms with van der Waals surface area (Å²) < 4.78 is 0. The van der Waals surface area contributed by atoms with Gasteiger partial charge >= 0.3 is 0 Å². The first-order valence-electron chi connectivity index (χ1n) is 4.48. The van der Waals surface area contributed by atoms with Gasteiger partial charge in [-0.05, 0) is 6.92 Å². The number of guanidine groups is 1. The van der Waals surface area contributed by atoms with Crippen LogP contribution in [-0.4, -0.2) is 29.0 Å². The van der Waals surface area contributed by atoms with E-state index >= 15 is 0 Å². The van der Waals surface area contributed by atoms with Gasteiger partial charge < -0.3 is 15.6 Å². The molecule has 3 N–H and O–H groups in total. The summed E-state index contributed by atoms with van der Waals surface area (Å²) in [5.41, 5.74) is -0.0840. The van der Waals surface area contributed by atoms with Crippen molar-refractivity contribution < 1.29 is 0 Å². The van der Waals surface area contributed by atoms with Crippen molar-refractivity contribution in [3.63, 3.8) is 0 Å². The molecule has 0 amide bonds. The first kappa shape index (κ1) is 9.97. The first-order valence-corrected chi connectivity index (χ1v) is 4.86. The molecule has 1 aliphatic rings. The fourth-order valence-electron chi connectivity index (χ4n) is 1.26. The maximum absolute atomic E-state index is 11.5. The van der Waals surface area contributed by atoms with E-state index in [-0.39, 0.29) is 16.4 Å². The van der Waals surface area contributed by atoms with Crippen LogP contribution < -0.4 is 16.2 Å². The topological polar surface area (TPSA) is 82.2 Å². The highest BCUT2D eigenvalue weighted by atomic mass is 35.5. The smallest absolute Gasteiger partial charge is 0.276 e. The van der Waals surface area contributed by atoms with Crippen molar-refractivity contribution in [2.75, 3.05) is 18.4 Å². The summed E-state index contributed by atoms with van der Waals surface area (Å²) >= 11 is 5.84. The molecule has 6 nitrogen and oxygen atoms in total. The highest BCUT2D eigenvalue weighted by Gasteiger charge is 2.12. The molecule has 80 valence electrons. The van der Waals surface area contributed by atoms with Crippen molar-refractivity contribution >= 4 is 23.2 Å². The van der Waals surface area contributed by atoms with Crippen LogP contribution >= 0.6 is 11.6 Å². The lowest BCUT2D eigenvalue weighted by Crippen LogP contribution is -2.30. The summed E-state index contributed by atoms with van der Waals surface area (Å²) in [5.74, 6) is 1.03. The van der Waals surface area contributed by atoms with Crippen LogP contribution in [0.1, 0.15) is 5.82 Å². The molecule has 1 aliphatic heterocycles. The summed E-state index contributed by atoms with van der Waals surface area (Å²) in [5, 5.41) is 5.93. The Morgan fingerprint density at radius 1 is 1.53 bits per heavy atom. The average Bonchev–Trinajstić information content (AvgIpc) is 2.63. The van der Waals surface area contributed by atoms with E-state index in [1.54, 1.807) is 6.92 Å². The van der Waals surface area contributed by atoms with Gasteiger partial charge in [0.15, 0.2) is 11.1 Å². The summed E-state index contributed by atoms with van der Waals surface area (Å²) in [4.78, 5) is 22.1. The number of H-pyrrole nitrogens is 1. The minimum absolute atomic E-state index is 0.146. The number of aromatic amines is 1. The summed E-state index contributed by atoms with van der Waals surface area (Å²) in [6.07, 6.45) is 0. The van der Waals surface area contributed by atoms with Gasteiger partial charge in [-0.15, -0.1) is 0 Å². The molecule has 15 heavy (non-hydrogen) atoms. The number of halogens is 1. The van der Waals surface area contributed by atoms with Crippen LogP contribution in [-0.2, 0) is 0 Å². The molecule has 0 aliphatic carbocycles. The van der Waals surface area contributed by atoms with Crippen LogP contribution in [0.15, 0.2) is 9.79 Å². The van der Waals surface area contributed by atoms with E-state index in [4.69, 9.17) is 11.6 Å². The zero-order valence-corrected chi connectivity index (χ0v) is 8.85. The number of nitrogens with one attached hydrogen (secondary N) is 3. The van der Waals surface area contributed by atoms with Crippen molar-refractivity contribution in [1.29, 1.82) is 0 Å². The van der Waals surface area contributed by atoms with E-state index in [0.717, 1.165) is 6.54 Å². The molecular weight excluding hydrogens is 218 g/mol. The van der Waals surface area contributed by atoms with Gasteiger partial charge in [0.1, 0.15) is 11.5 Å². The Bertz CT molecular complexity index is 467. The van der Waals surface area contributed by atoms with Crippen LogP contribution in [0.3, 0.4) is 0 Å². The lowest BCUT2D eigenvalue weighted by molar-refractivity contribution is 0.958. The standard InChI is InChI=1S/C8H10ClN5O/c1-4-12-6(9)5(7(15)13-4)14-8-10-2-3-11-8/h2-3H2,1H3,(H2,10,11,14)(H,12,13,15). The number of hydrogen-bond donors (Lipinski definition) is 3. The molecule has 0 saturated heterocycles. The number of rotatable bonds is 1. The van der Waals surface area contributed by atoms with Gasteiger partial charge in [0, 0.05) is 6.54 Å². The van der Waals surface area contributed by atoms with Gasteiger partial charge in [-0.25, -0.2) is 4.98 Å². The van der Waals surface area contributed by atoms with E-state index in [1.807, 2.05) is 0 Å². The van der Waals surface area contributed by atoms with Crippen molar-refractivity contribution in [3.05, 3.63) is 21.3 Å². The fraction of sp³-hybridized carbons (Fsp3) is 0.375. The molecule has 1 aromatic heterocycles. The van der Waals surface area contributed by atoms with Crippen LogP contribution in [0.2, 0.25) is 5.15 Å². The predicted octanol–water partition coefficient (Wildman–Crippen LogP) is 0.103. The fourth-order valence-corrected chi connectivity index (χ4v) is 1.52. The Balaban J connectivity index is 2.32. The van der Waals surface area contributed by atoms with Crippen molar-refractivity contribution in [1.82, 2.24) is 15.3 Å². The molecule has 1 aromatic rings. The number of aromatic nitrogens is 2. The van der Waals surface area contributed by atoms with E-state index in [1.165, 1.54) is 0 Å². The highest BCUT2D eigenvalue weighted by Crippen LogP contribution is 2.13. The van der Waals surface area contributed by atoms with E-state index in [0.29, 0.717) is 18.3 Å². The van der Waals surface area contributed by atoms with E-state index in [9.17, 15) is 4.79 Å². The molecule has 2 rings (SSSR count). The van der Waals surface area contributed by atoms with Gasteiger partial charge in [0.05, 0.1) is 6.54 Å². The molecular formula is C8H10ClN5O. The Morgan fingerprint density at radius 3 is 2.93 bits per heavy atom. The Hall–Kier alpha value is -1.56. The van der Waals surface area contributed by atoms with Crippen LogP contribution in [0, 0.1) is 6.92 Å². The quantitative estimate of drug-likeness (QED) is 0.595. The summed E-state index contributed by atoms with van der Waals surface area (Å²) in [6, 6.07) is 0. The highest BCUT2D eigenvalue weighted by molar-refractivity contribution is 6.32. The molecule has 0 saturated carbocycles. The maximum atomic E-state index is 11.5. The lowest BCUT2D eigenvalue weighted by atomic mass is 10.5. The number of hydrogen-bond acceptors (Lipinski definition) is 5. The molecule has 0 spiro atoms. The molecule has 0 atom stereocenters. The van der Waals surface area contributed by atoms with Crippen molar-refractivity contribution in [3.8, 4) is 0 Å². The normalized spacial score (nSPS) is 14.7. The number of anilines is 1. The van der Waals surface area contributed by atoms with E-state index in [2.05, 4.69) is 25.6 Å². The van der Waals surface area contributed by atoms with Gasteiger partial charge in [0.2, 0.25) is 0 Å². The van der Waals surface area contributed by atoms with Crippen LogP contribution in [0.4, 0.5) is 5.69 Å². The minimum atomic E-state index is -0.302. The monoisotopic (exact) mass is 227 g/mol. The minimum Gasteiger partial charge on any atom is -0.354 e. The second-order valence-corrected chi connectivity index (χ2v) is 3.46. The van der Waals surface area contributed by atoms with Crippen molar-refractivity contribution in [2.24, 2.45) is 4.99 Å². The second-order valence-electron chi connectivity index (χ2n) is 3.10. The predicted molar refractivity (Wildman–Crippen MR) is 58.5 cm³/mol. The Labute approximate surface area is 90.8 Å². The zero-order valence-electron chi connectivity index (χ0n) is 8.09. The molecule has 0 aromatic carbocycles. The van der Waals surface area contributed by atoms with Crippen molar-refractivity contribution in [2.45, 2.75) is 6.92 Å². The lowest BCUT2D eigenvalue weighted by Gasteiger charge is -2.06. The van der Waals surface area contributed by atoms with E-state index < -0.39 is 0 Å². The Morgan fingerprint density at radius 2 is 2.33 bits per heavy atom. The average molecular weight is 228 g/mol. The SMILES string of the molecule is Cc1nc(Cl)c(NC2=NCCN2)c(=O)[nH]1. The van der Waals surface area contributed by atoms with Crippen LogP contribution in [0.5, 0.6) is 0 Å². The molecule has 0 radical (unpaired) electrons. The third-order valence-electron chi connectivity index (χ3n) is 1.91. The number of nitrogens with zero attached hydrogens (tertiary/aromatic N) is 2. The Kier molecular flexibility index (Phi) is 2.59. The van der Waals surface area contributed by atoms with Gasteiger partial charge in [-0.1, -0.05) is 11.6 Å². The molecule has 0 unspecified atom stereocenters. The zero-order chi connectivity index (χ0) is 10.8. The molecule has 7 heteroatoms. The van der Waals surface area contributed by atoms with Gasteiger partial charge in [0.25, 0.3) is 5.56 Å². The summed E-state index contributed by atoms with van der Waals surface area (Å²) in [7, 11) is 0. The first-order chi connectivity index (χ1) is 7.16. The molecule has 2 heterocycles. The third kappa shape index (κ3) is 2.10. The van der Waals surface area contributed by atoms with Crippen LogP contribution in [0.25, 0.3) is 0 Å². The maximum Gasteiger partial charge on any atom is 0.276 e. The summed E-state index contributed by atoms with van der Waals surface area (Å²) in [6.45, 7) is 3.12. The van der Waals surface area contributed by atoms with Gasteiger partial charge in [-0.2, -0.15) is 0 Å². The number of aliphatic imine (C=N–C) groups is 1. The largest absolute Gasteiger partial charge is 0.354 e. The molecule has 0 bridgehead atoms.